The summed E-state index contributed by atoms with van der Waals surface area (Å²) in [7, 11) is 1.33. The lowest BCUT2D eigenvalue weighted by atomic mass is 10.1. The molecule has 0 radical (unpaired) electrons. The van der Waals surface area contributed by atoms with Crippen LogP contribution in [0.5, 0.6) is 5.75 Å². The Kier molecular flexibility index (Phi) is 4.37. The predicted octanol–water partition coefficient (Wildman–Crippen LogP) is 2.95. The second-order valence-corrected chi connectivity index (χ2v) is 5.43. The number of rotatable bonds is 1. The van der Waals surface area contributed by atoms with Gasteiger partial charge < -0.3 is 9.72 Å². The third-order valence-electron chi connectivity index (χ3n) is 3.44. The van der Waals surface area contributed by atoms with Crippen molar-refractivity contribution in [3.63, 3.8) is 0 Å². The number of fused-ring (bicyclic) bond motifs is 1. The average molecular weight is 338 g/mol. The zero-order valence-corrected chi connectivity index (χ0v) is 13.5. The predicted molar refractivity (Wildman–Crippen MR) is 94.8 cm³/mol. The summed E-state index contributed by atoms with van der Waals surface area (Å²) in [4.78, 5) is 27.8. The van der Waals surface area contributed by atoms with Crippen LogP contribution >= 0.6 is 11.6 Å². The molecule has 0 saturated heterocycles. The minimum atomic E-state index is -0.538. The van der Waals surface area contributed by atoms with E-state index >= 15 is 0 Å². The lowest BCUT2D eigenvalue weighted by Crippen LogP contribution is -2.10. The molecule has 0 saturated carbocycles. The van der Waals surface area contributed by atoms with E-state index in [2.05, 4.69) is 16.8 Å². The highest BCUT2D eigenvalue weighted by atomic mass is 35.5. The Morgan fingerprint density at radius 1 is 1.04 bits per heavy atom. The van der Waals surface area contributed by atoms with E-state index in [0.29, 0.717) is 15.9 Å². The third-order valence-corrected chi connectivity index (χ3v) is 3.68. The molecule has 0 aliphatic heterocycles. The van der Waals surface area contributed by atoms with Crippen LogP contribution in [0, 0.1) is 11.8 Å². The van der Waals surface area contributed by atoms with E-state index in [1.54, 1.807) is 12.1 Å². The Morgan fingerprint density at radius 2 is 1.79 bits per heavy atom. The smallest absolute Gasteiger partial charge is 0.292 e. The molecule has 0 amide bonds. The minimum Gasteiger partial charge on any atom is -0.490 e. The van der Waals surface area contributed by atoms with Crippen molar-refractivity contribution in [2.24, 2.45) is 0 Å². The van der Waals surface area contributed by atoms with Crippen LogP contribution in [-0.2, 0) is 0 Å². The highest BCUT2D eigenvalue weighted by Crippen LogP contribution is 2.16. The molecule has 3 aromatic rings. The first kappa shape index (κ1) is 15.9. The molecule has 0 bridgehead atoms. The van der Waals surface area contributed by atoms with Gasteiger partial charge in [-0.3, -0.25) is 9.59 Å². The maximum absolute atomic E-state index is 12.8. The molecule has 0 fully saturated rings. The number of aromatic amines is 1. The van der Waals surface area contributed by atoms with Crippen LogP contribution in [0.15, 0.2) is 58.1 Å². The monoisotopic (exact) mass is 337 g/mol. The van der Waals surface area contributed by atoms with Crippen molar-refractivity contribution in [3.05, 3.63) is 85.3 Å². The summed E-state index contributed by atoms with van der Waals surface area (Å²) >= 11 is 5.94. The van der Waals surface area contributed by atoms with Gasteiger partial charge in [0.05, 0.1) is 12.6 Å². The first-order valence-electron chi connectivity index (χ1n) is 7.11. The first-order valence-corrected chi connectivity index (χ1v) is 7.49. The van der Waals surface area contributed by atoms with Gasteiger partial charge in [-0.1, -0.05) is 41.6 Å². The molecule has 24 heavy (non-hydrogen) atoms. The van der Waals surface area contributed by atoms with Crippen molar-refractivity contribution in [1.29, 1.82) is 0 Å². The average Bonchev–Trinajstić information content (AvgIpc) is 2.68. The number of ether oxygens (including phenoxy) is 1. The molecule has 5 heteroatoms. The fourth-order valence-electron chi connectivity index (χ4n) is 2.31. The number of benzene rings is 2. The molecular formula is C19H12ClNO3. The summed E-state index contributed by atoms with van der Waals surface area (Å²) in [5.74, 6) is 5.55. The van der Waals surface area contributed by atoms with E-state index in [1.165, 1.54) is 13.2 Å². The van der Waals surface area contributed by atoms with Crippen LogP contribution in [0.2, 0.25) is 5.02 Å². The van der Waals surface area contributed by atoms with Gasteiger partial charge in [0, 0.05) is 16.0 Å². The maximum atomic E-state index is 12.8. The molecule has 118 valence electrons. The maximum Gasteiger partial charge on any atom is 0.292 e. The van der Waals surface area contributed by atoms with Gasteiger partial charge in [-0.15, -0.1) is 0 Å². The van der Waals surface area contributed by atoms with Gasteiger partial charge in [-0.05, 0) is 30.3 Å². The lowest BCUT2D eigenvalue weighted by molar-refractivity contribution is 0.408. The third kappa shape index (κ3) is 3.03. The number of hydrogen-bond donors (Lipinski definition) is 1. The highest BCUT2D eigenvalue weighted by molar-refractivity contribution is 6.31. The minimum absolute atomic E-state index is 0.0138. The topological polar surface area (TPSA) is 59.2 Å². The Morgan fingerprint density at radius 3 is 2.50 bits per heavy atom. The number of hydrogen-bond acceptors (Lipinski definition) is 3. The molecule has 3 rings (SSSR count). The Hall–Kier alpha value is -3.03. The van der Waals surface area contributed by atoms with E-state index in [9.17, 15) is 9.59 Å². The molecule has 1 aromatic heterocycles. The van der Waals surface area contributed by atoms with Gasteiger partial charge in [0.25, 0.3) is 5.56 Å². The number of halogens is 1. The van der Waals surface area contributed by atoms with E-state index < -0.39 is 5.56 Å². The zero-order chi connectivity index (χ0) is 17.1. The van der Waals surface area contributed by atoms with Crippen molar-refractivity contribution >= 4 is 22.5 Å². The summed E-state index contributed by atoms with van der Waals surface area (Å²) in [5, 5.41) is 0.733. The number of nitrogens with one attached hydrogen (secondary N) is 1. The molecule has 1 heterocycles. The van der Waals surface area contributed by atoms with Crippen molar-refractivity contribution in [3.8, 4) is 17.6 Å². The zero-order valence-electron chi connectivity index (χ0n) is 12.7. The van der Waals surface area contributed by atoms with Crippen molar-refractivity contribution in [2.45, 2.75) is 0 Å². The number of H-pyrrole nitrogens is 1. The van der Waals surface area contributed by atoms with E-state index in [4.69, 9.17) is 16.3 Å². The Balaban J connectivity index is 2.37. The quantitative estimate of drug-likeness (QED) is 0.694. The van der Waals surface area contributed by atoms with Gasteiger partial charge in [-0.25, -0.2) is 0 Å². The molecule has 0 aliphatic rings. The molecule has 1 N–H and O–H groups in total. The van der Waals surface area contributed by atoms with Crippen LogP contribution in [-0.4, -0.2) is 12.1 Å². The van der Waals surface area contributed by atoms with Crippen LogP contribution in [0.25, 0.3) is 10.9 Å². The molecule has 0 unspecified atom stereocenters. The molecule has 4 nitrogen and oxygen atoms in total. The second kappa shape index (κ2) is 6.61. The Labute approximate surface area is 142 Å². The fraction of sp³-hybridized carbons (Fsp3) is 0.0526. The number of aromatic nitrogens is 1. The molecule has 0 atom stereocenters. The highest BCUT2D eigenvalue weighted by Gasteiger charge is 2.12. The van der Waals surface area contributed by atoms with Crippen molar-refractivity contribution in [1.82, 2.24) is 4.98 Å². The van der Waals surface area contributed by atoms with Gasteiger partial charge in [-0.2, -0.15) is 0 Å². The Bertz CT molecular complexity index is 1090. The van der Waals surface area contributed by atoms with Gasteiger partial charge >= 0.3 is 0 Å². The largest absolute Gasteiger partial charge is 0.490 e. The summed E-state index contributed by atoms with van der Waals surface area (Å²) < 4.78 is 5.13. The van der Waals surface area contributed by atoms with Gasteiger partial charge in [0.2, 0.25) is 11.2 Å². The van der Waals surface area contributed by atoms with Gasteiger partial charge in [0.15, 0.2) is 0 Å². The molecule has 0 aliphatic carbocycles. The first-order chi connectivity index (χ1) is 11.6. The van der Waals surface area contributed by atoms with Gasteiger partial charge in [0.1, 0.15) is 5.56 Å². The van der Waals surface area contributed by atoms with Crippen LogP contribution < -0.4 is 15.7 Å². The molecule has 0 spiro atoms. The summed E-state index contributed by atoms with van der Waals surface area (Å²) in [6, 6.07) is 13.9. The fourth-order valence-corrected chi connectivity index (χ4v) is 2.48. The second-order valence-electron chi connectivity index (χ2n) is 5.00. The standard InChI is InChI=1S/C19H12ClNO3/c1-24-18-15(9-7-12-5-3-2-4-6-12)17(22)14-10-8-13(20)11-16(14)21-19(18)23/h2-6,8,10-11H,1H3,(H,21,23). The van der Waals surface area contributed by atoms with E-state index in [1.807, 2.05) is 30.3 Å². The number of methoxy groups -OCH3 is 1. The van der Waals surface area contributed by atoms with Crippen LogP contribution in [0.3, 0.4) is 0 Å². The SMILES string of the molecule is COc1c(C#Cc2ccccc2)c(=O)c2ccc(Cl)cc2[nH]c1=O. The van der Waals surface area contributed by atoms with Crippen LogP contribution in [0.4, 0.5) is 0 Å². The van der Waals surface area contributed by atoms with Crippen molar-refractivity contribution < 1.29 is 4.74 Å². The molecular weight excluding hydrogens is 326 g/mol. The van der Waals surface area contributed by atoms with E-state index in [-0.39, 0.29) is 16.7 Å². The summed E-state index contributed by atoms with van der Waals surface area (Å²) in [6.45, 7) is 0. The summed E-state index contributed by atoms with van der Waals surface area (Å²) in [6.07, 6.45) is 0. The van der Waals surface area contributed by atoms with Crippen LogP contribution in [0.1, 0.15) is 11.1 Å². The molecule has 2 aromatic carbocycles. The normalized spacial score (nSPS) is 10.1. The van der Waals surface area contributed by atoms with Crippen molar-refractivity contribution in [2.75, 3.05) is 7.11 Å². The van der Waals surface area contributed by atoms with E-state index in [0.717, 1.165) is 5.56 Å². The lowest BCUT2D eigenvalue weighted by Gasteiger charge is -1.95. The summed E-state index contributed by atoms with van der Waals surface area (Å²) in [5.41, 5.74) is 0.155.